The molecule has 3 nitrogen and oxygen atoms in total. The number of anilines is 1. The van der Waals surface area contributed by atoms with E-state index in [0.29, 0.717) is 0 Å². The zero-order valence-corrected chi connectivity index (χ0v) is 7.50. The Morgan fingerprint density at radius 2 is 2.00 bits per heavy atom. The summed E-state index contributed by atoms with van der Waals surface area (Å²) in [4.78, 5) is 15.8. The molecule has 0 saturated carbocycles. The van der Waals surface area contributed by atoms with Crippen LogP contribution in [0.1, 0.15) is 13.8 Å². The third kappa shape index (κ3) is 1.87. The first-order chi connectivity index (χ1) is 5.77. The van der Waals surface area contributed by atoms with Crippen LogP contribution in [0.3, 0.4) is 0 Å². The van der Waals surface area contributed by atoms with Crippen molar-refractivity contribution in [3.63, 3.8) is 0 Å². The minimum atomic E-state index is -0.0422. The Bertz CT molecular complexity index is 289. The Kier molecular flexibility index (Phi) is 2.91. The van der Waals surface area contributed by atoms with Crippen LogP contribution in [0.5, 0.6) is 0 Å². The molecule has 0 saturated heterocycles. The molecule has 66 valence electrons. The quantitative estimate of drug-likeness (QED) is 0.733. The van der Waals surface area contributed by atoms with Crippen molar-refractivity contribution in [2.45, 2.75) is 13.8 Å². The first kappa shape index (κ1) is 8.84. The average Bonchev–Trinajstić information content (AvgIpc) is 2.07. The smallest absolute Gasteiger partial charge is 0.249 e. The second kappa shape index (κ2) is 3.95. The van der Waals surface area contributed by atoms with Crippen LogP contribution in [0, 0.1) is 0 Å². The molecule has 0 aliphatic carbocycles. The third-order valence-corrected chi connectivity index (χ3v) is 1.86. The highest BCUT2D eigenvalue weighted by molar-refractivity contribution is 5.36. The zero-order valence-electron chi connectivity index (χ0n) is 7.50. The molecule has 0 fully saturated rings. The van der Waals surface area contributed by atoms with Crippen molar-refractivity contribution >= 4 is 5.82 Å². The Morgan fingerprint density at radius 3 is 2.50 bits per heavy atom. The maximum absolute atomic E-state index is 10.9. The molecule has 1 N–H and O–H groups in total. The van der Waals surface area contributed by atoms with E-state index >= 15 is 0 Å². The van der Waals surface area contributed by atoms with Crippen LogP contribution in [0.2, 0.25) is 0 Å². The summed E-state index contributed by atoms with van der Waals surface area (Å²) in [6, 6.07) is 5.20. The van der Waals surface area contributed by atoms with Crippen LogP contribution in [0.4, 0.5) is 5.82 Å². The number of H-pyrrole nitrogens is 1. The van der Waals surface area contributed by atoms with E-state index in [1.54, 1.807) is 6.07 Å². The second-order valence-electron chi connectivity index (χ2n) is 2.57. The Balaban J connectivity index is 2.93. The summed E-state index contributed by atoms with van der Waals surface area (Å²) < 4.78 is 0. The summed E-state index contributed by atoms with van der Waals surface area (Å²) in [5.74, 6) is 0.896. The number of aromatic nitrogens is 1. The highest BCUT2D eigenvalue weighted by atomic mass is 16.1. The minimum absolute atomic E-state index is 0.0422. The van der Waals surface area contributed by atoms with Crippen molar-refractivity contribution < 1.29 is 0 Å². The number of nitrogens with one attached hydrogen (secondary N) is 1. The van der Waals surface area contributed by atoms with Crippen molar-refractivity contribution in [3.8, 4) is 0 Å². The first-order valence-electron chi connectivity index (χ1n) is 4.22. The molecule has 0 radical (unpaired) electrons. The summed E-state index contributed by atoms with van der Waals surface area (Å²) in [5.41, 5.74) is -0.0422. The van der Waals surface area contributed by atoms with E-state index in [2.05, 4.69) is 23.7 Å². The topological polar surface area (TPSA) is 36.1 Å². The fourth-order valence-electron chi connectivity index (χ4n) is 1.18. The number of pyridine rings is 1. The van der Waals surface area contributed by atoms with Gasteiger partial charge in [-0.2, -0.15) is 0 Å². The molecule has 0 aliphatic rings. The van der Waals surface area contributed by atoms with Crippen LogP contribution >= 0.6 is 0 Å². The molecule has 1 rings (SSSR count). The van der Waals surface area contributed by atoms with Crippen LogP contribution in [0.25, 0.3) is 0 Å². The number of hydrogen-bond acceptors (Lipinski definition) is 2. The number of nitrogens with zero attached hydrogens (tertiary/aromatic N) is 1. The maximum Gasteiger partial charge on any atom is 0.249 e. The Morgan fingerprint density at radius 1 is 1.33 bits per heavy atom. The van der Waals surface area contributed by atoms with Crippen LogP contribution in [0.15, 0.2) is 23.0 Å². The van der Waals surface area contributed by atoms with Crippen LogP contribution in [-0.2, 0) is 0 Å². The molecule has 1 heterocycles. The molecule has 0 unspecified atom stereocenters. The summed E-state index contributed by atoms with van der Waals surface area (Å²) in [7, 11) is 0. The highest BCUT2D eigenvalue weighted by Gasteiger charge is 1.99. The van der Waals surface area contributed by atoms with E-state index in [4.69, 9.17) is 0 Å². The van der Waals surface area contributed by atoms with Crippen molar-refractivity contribution in [1.29, 1.82) is 0 Å². The van der Waals surface area contributed by atoms with E-state index in [9.17, 15) is 4.79 Å². The van der Waals surface area contributed by atoms with Gasteiger partial charge in [-0.1, -0.05) is 6.07 Å². The molecular weight excluding hydrogens is 152 g/mol. The van der Waals surface area contributed by atoms with Crippen molar-refractivity contribution in [3.05, 3.63) is 28.6 Å². The monoisotopic (exact) mass is 166 g/mol. The van der Waals surface area contributed by atoms with Gasteiger partial charge >= 0.3 is 0 Å². The van der Waals surface area contributed by atoms with Crippen LogP contribution < -0.4 is 10.5 Å². The predicted molar refractivity (Wildman–Crippen MR) is 50.6 cm³/mol. The lowest BCUT2D eigenvalue weighted by atomic mass is 10.4. The third-order valence-electron chi connectivity index (χ3n) is 1.86. The van der Waals surface area contributed by atoms with Gasteiger partial charge in [-0.05, 0) is 19.9 Å². The molecule has 3 heteroatoms. The summed E-state index contributed by atoms with van der Waals surface area (Å²) in [5, 5.41) is 0. The SMILES string of the molecule is CCN(CC)c1cccc(=O)[nH]1. The average molecular weight is 166 g/mol. The van der Waals surface area contributed by atoms with Gasteiger partial charge in [0.25, 0.3) is 0 Å². The largest absolute Gasteiger partial charge is 0.359 e. The molecule has 1 aromatic heterocycles. The van der Waals surface area contributed by atoms with Gasteiger partial charge in [0.15, 0.2) is 0 Å². The predicted octanol–water partition coefficient (Wildman–Crippen LogP) is 1.22. The lowest BCUT2D eigenvalue weighted by Gasteiger charge is -2.19. The fourth-order valence-corrected chi connectivity index (χ4v) is 1.18. The van der Waals surface area contributed by atoms with Gasteiger partial charge in [0.2, 0.25) is 5.56 Å². The lowest BCUT2D eigenvalue weighted by Crippen LogP contribution is -2.24. The fraction of sp³-hybridized carbons (Fsp3) is 0.444. The van der Waals surface area contributed by atoms with E-state index in [1.807, 2.05) is 6.07 Å². The normalized spacial score (nSPS) is 9.83. The van der Waals surface area contributed by atoms with E-state index in [1.165, 1.54) is 6.07 Å². The molecule has 1 aromatic rings. The number of hydrogen-bond donors (Lipinski definition) is 1. The zero-order chi connectivity index (χ0) is 8.97. The number of aromatic amines is 1. The van der Waals surface area contributed by atoms with Gasteiger partial charge in [-0.3, -0.25) is 4.79 Å². The Labute approximate surface area is 72.0 Å². The van der Waals surface area contributed by atoms with Gasteiger partial charge in [-0.25, -0.2) is 0 Å². The molecule has 0 aromatic carbocycles. The molecule has 0 atom stereocenters. The molecule has 0 amide bonds. The Hall–Kier alpha value is -1.25. The summed E-state index contributed by atoms with van der Waals surface area (Å²) >= 11 is 0. The van der Waals surface area contributed by atoms with Crippen molar-refractivity contribution in [2.24, 2.45) is 0 Å². The first-order valence-corrected chi connectivity index (χ1v) is 4.22. The van der Waals surface area contributed by atoms with Gasteiger partial charge in [0.05, 0.1) is 0 Å². The standard InChI is InChI=1S/C9H14N2O/c1-3-11(4-2)8-6-5-7-9(12)10-8/h5-7H,3-4H2,1-2H3,(H,10,12). The highest BCUT2D eigenvalue weighted by Crippen LogP contribution is 2.05. The molecule has 0 bridgehead atoms. The number of rotatable bonds is 3. The molecule has 0 spiro atoms. The second-order valence-corrected chi connectivity index (χ2v) is 2.57. The van der Waals surface area contributed by atoms with E-state index in [-0.39, 0.29) is 5.56 Å². The van der Waals surface area contributed by atoms with E-state index in [0.717, 1.165) is 18.9 Å². The van der Waals surface area contributed by atoms with Gasteiger partial charge in [-0.15, -0.1) is 0 Å². The molecular formula is C9H14N2O. The molecule has 12 heavy (non-hydrogen) atoms. The van der Waals surface area contributed by atoms with Crippen molar-refractivity contribution in [1.82, 2.24) is 4.98 Å². The minimum Gasteiger partial charge on any atom is -0.359 e. The lowest BCUT2D eigenvalue weighted by molar-refractivity contribution is 0.842. The maximum atomic E-state index is 10.9. The molecule has 0 aliphatic heterocycles. The van der Waals surface area contributed by atoms with Gasteiger partial charge < -0.3 is 9.88 Å². The summed E-state index contributed by atoms with van der Waals surface area (Å²) in [6.45, 7) is 5.95. The van der Waals surface area contributed by atoms with Gasteiger partial charge in [0.1, 0.15) is 5.82 Å². The van der Waals surface area contributed by atoms with Crippen molar-refractivity contribution in [2.75, 3.05) is 18.0 Å². The van der Waals surface area contributed by atoms with Gasteiger partial charge in [0, 0.05) is 19.2 Å². The van der Waals surface area contributed by atoms with E-state index < -0.39 is 0 Å². The van der Waals surface area contributed by atoms with Crippen LogP contribution in [-0.4, -0.2) is 18.1 Å². The summed E-state index contributed by atoms with van der Waals surface area (Å²) in [6.07, 6.45) is 0.